The Kier molecular flexibility index (Phi) is 4.71. The van der Waals surface area contributed by atoms with E-state index in [1.807, 2.05) is 13.8 Å². The molecule has 1 rings (SSSR count). The lowest BCUT2D eigenvalue weighted by atomic mass is 9.94. The highest BCUT2D eigenvalue weighted by Crippen LogP contribution is 2.26. The van der Waals surface area contributed by atoms with E-state index in [-0.39, 0.29) is 9.75 Å². The van der Waals surface area contributed by atoms with Crippen molar-refractivity contribution >= 4 is 26.5 Å². The molecule has 0 atom stereocenters. The summed E-state index contributed by atoms with van der Waals surface area (Å²) in [5, 5.41) is 8.71. The van der Waals surface area contributed by atoms with Crippen LogP contribution in [0.15, 0.2) is 4.21 Å². The molecule has 18 heavy (non-hydrogen) atoms. The van der Waals surface area contributed by atoms with Crippen LogP contribution in [0, 0.1) is 6.92 Å². The van der Waals surface area contributed by atoms with Gasteiger partial charge in [0.05, 0.1) is 5.69 Å². The average Bonchev–Trinajstić information content (AvgIpc) is 2.67. The van der Waals surface area contributed by atoms with Gasteiger partial charge in [0.2, 0.25) is 10.0 Å². The number of hydrogen-bond donors (Lipinski definition) is 3. The van der Waals surface area contributed by atoms with Crippen molar-refractivity contribution in [2.75, 3.05) is 11.9 Å². The molecule has 1 aromatic rings. The second-order valence-corrected chi connectivity index (χ2v) is 7.12. The standard InChI is InChI=1S/C10H20N4O2S2/c1-4-10(11,5-2)6-13-9-14-7(3)8(17-9)18(12,15)16/h4-6,11H2,1-3H3,(H,13,14)(H2,12,15,16). The summed E-state index contributed by atoms with van der Waals surface area (Å²) in [5.74, 6) is 0. The minimum Gasteiger partial charge on any atom is -0.360 e. The zero-order chi connectivity index (χ0) is 14.0. The molecule has 0 aliphatic carbocycles. The fourth-order valence-electron chi connectivity index (χ4n) is 1.47. The Balaban J connectivity index is 2.82. The number of anilines is 1. The van der Waals surface area contributed by atoms with Gasteiger partial charge in [-0.1, -0.05) is 25.2 Å². The average molecular weight is 292 g/mol. The fourth-order valence-corrected chi connectivity index (χ4v) is 3.33. The van der Waals surface area contributed by atoms with Crippen LogP contribution >= 0.6 is 11.3 Å². The van der Waals surface area contributed by atoms with Crippen molar-refractivity contribution in [2.24, 2.45) is 10.9 Å². The SMILES string of the molecule is CCC(N)(CC)CNc1nc(C)c(S(N)(=O)=O)s1. The minimum atomic E-state index is -3.69. The number of nitrogens with zero attached hydrogens (tertiary/aromatic N) is 1. The molecule has 0 radical (unpaired) electrons. The molecule has 1 heterocycles. The number of thiazole rings is 1. The largest absolute Gasteiger partial charge is 0.360 e. The summed E-state index contributed by atoms with van der Waals surface area (Å²) in [7, 11) is -3.69. The van der Waals surface area contributed by atoms with Gasteiger partial charge in [-0.25, -0.2) is 18.5 Å². The van der Waals surface area contributed by atoms with Gasteiger partial charge in [0.25, 0.3) is 0 Å². The Hall–Kier alpha value is -0.700. The summed E-state index contributed by atoms with van der Waals surface area (Å²) in [5.41, 5.74) is 6.26. The maximum atomic E-state index is 11.3. The van der Waals surface area contributed by atoms with Gasteiger partial charge in [0, 0.05) is 12.1 Å². The first-order valence-electron chi connectivity index (χ1n) is 5.75. The third-order valence-electron chi connectivity index (χ3n) is 3.01. The molecule has 0 saturated carbocycles. The zero-order valence-electron chi connectivity index (χ0n) is 10.9. The van der Waals surface area contributed by atoms with Gasteiger partial charge in [0.1, 0.15) is 0 Å². The molecule has 0 fully saturated rings. The Morgan fingerprint density at radius 3 is 2.33 bits per heavy atom. The highest BCUT2D eigenvalue weighted by atomic mass is 32.2. The number of nitrogens with one attached hydrogen (secondary N) is 1. The van der Waals surface area contributed by atoms with Gasteiger partial charge in [0.15, 0.2) is 9.34 Å². The van der Waals surface area contributed by atoms with E-state index in [2.05, 4.69) is 10.3 Å². The molecule has 0 spiro atoms. The van der Waals surface area contributed by atoms with E-state index in [4.69, 9.17) is 10.9 Å². The fraction of sp³-hybridized carbons (Fsp3) is 0.700. The molecule has 0 bridgehead atoms. The summed E-state index contributed by atoms with van der Waals surface area (Å²) in [4.78, 5) is 4.14. The van der Waals surface area contributed by atoms with Crippen molar-refractivity contribution in [1.29, 1.82) is 0 Å². The molecule has 0 aliphatic rings. The molecule has 0 amide bonds. The summed E-state index contributed by atoms with van der Waals surface area (Å²) >= 11 is 1.04. The second kappa shape index (κ2) is 5.52. The Labute approximate surface area is 112 Å². The van der Waals surface area contributed by atoms with E-state index in [9.17, 15) is 8.42 Å². The van der Waals surface area contributed by atoms with Gasteiger partial charge in [-0.05, 0) is 19.8 Å². The summed E-state index contributed by atoms with van der Waals surface area (Å²) in [6.07, 6.45) is 1.67. The van der Waals surface area contributed by atoms with Crippen molar-refractivity contribution in [1.82, 2.24) is 4.98 Å². The third kappa shape index (κ3) is 3.64. The van der Waals surface area contributed by atoms with Crippen LogP contribution in [-0.2, 0) is 10.0 Å². The van der Waals surface area contributed by atoms with Gasteiger partial charge >= 0.3 is 0 Å². The molecule has 104 valence electrons. The first-order valence-corrected chi connectivity index (χ1v) is 8.11. The van der Waals surface area contributed by atoms with Crippen molar-refractivity contribution < 1.29 is 8.42 Å². The Bertz CT molecular complexity index is 506. The lowest BCUT2D eigenvalue weighted by molar-refractivity contribution is 0.418. The van der Waals surface area contributed by atoms with Crippen LogP contribution in [0.25, 0.3) is 0 Å². The van der Waals surface area contributed by atoms with Crippen LogP contribution in [0.1, 0.15) is 32.4 Å². The third-order valence-corrected chi connectivity index (χ3v) is 5.68. The van der Waals surface area contributed by atoms with Crippen molar-refractivity contribution in [3.05, 3.63) is 5.69 Å². The van der Waals surface area contributed by atoms with E-state index in [0.717, 1.165) is 24.2 Å². The molecule has 0 unspecified atom stereocenters. The van der Waals surface area contributed by atoms with Crippen LogP contribution in [0.5, 0.6) is 0 Å². The number of aromatic nitrogens is 1. The second-order valence-electron chi connectivity index (χ2n) is 4.36. The highest BCUT2D eigenvalue weighted by Gasteiger charge is 2.22. The van der Waals surface area contributed by atoms with Crippen molar-refractivity contribution in [3.63, 3.8) is 0 Å². The van der Waals surface area contributed by atoms with Crippen molar-refractivity contribution in [3.8, 4) is 0 Å². The zero-order valence-corrected chi connectivity index (χ0v) is 12.5. The summed E-state index contributed by atoms with van der Waals surface area (Å²) < 4.78 is 22.7. The molecular weight excluding hydrogens is 272 g/mol. The molecule has 0 aromatic carbocycles. The number of aryl methyl sites for hydroxylation is 1. The molecule has 0 saturated heterocycles. The van der Waals surface area contributed by atoms with Gasteiger partial charge < -0.3 is 11.1 Å². The topological polar surface area (TPSA) is 111 Å². The summed E-state index contributed by atoms with van der Waals surface area (Å²) in [6.45, 7) is 6.22. The quantitative estimate of drug-likeness (QED) is 0.725. The lowest BCUT2D eigenvalue weighted by Crippen LogP contribution is -2.45. The number of sulfonamides is 1. The highest BCUT2D eigenvalue weighted by molar-refractivity contribution is 7.91. The van der Waals surface area contributed by atoms with E-state index >= 15 is 0 Å². The normalized spacial score (nSPS) is 12.7. The van der Waals surface area contributed by atoms with E-state index < -0.39 is 10.0 Å². The number of rotatable bonds is 6. The Morgan fingerprint density at radius 1 is 1.39 bits per heavy atom. The van der Waals surface area contributed by atoms with Crippen LogP contribution in [0.4, 0.5) is 5.13 Å². The first-order chi connectivity index (χ1) is 8.22. The van der Waals surface area contributed by atoms with Crippen LogP contribution < -0.4 is 16.2 Å². The van der Waals surface area contributed by atoms with E-state index in [1.165, 1.54) is 0 Å². The molecule has 6 nitrogen and oxygen atoms in total. The van der Waals surface area contributed by atoms with Gasteiger partial charge in [-0.3, -0.25) is 0 Å². The first kappa shape index (κ1) is 15.4. The Morgan fingerprint density at radius 2 is 1.94 bits per heavy atom. The number of hydrogen-bond acceptors (Lipinski definition) is 6. The maximum Gasteiger partial charge on any atom is 0.249 e. The van der Waals surface area contributed by atoms with E-state index in [1.54, 1.807) is 6.92 Å². The van der Waals surface area contributed by atoms with Crippen LogP contribution in [-0.4, -0.2) is 25.5 Å². The molecular formula is C10H20N4O2S2. The monoisotopic (exact) mass is 292 g/mol. The van der Waals surface area contributed by atoms with Gasteiger partial charge in [-0.15, -0.1) is 0 Å². The number of primary sulfonamides is 1. The predicted octanol–water partition coefficient (Wildman–Crippen LogP) is 1.03. The van der Waals surface area contributed by atoms with E-state index in [0.29, 0.717) is 17.4 Å². The molecule has 1 aromatic heterocycles. The molecule has 5 N–H and O–H groups in total. The summed E-state index contributed by atoms with van der Waals surface area (Å²) in [6, 6.07) is 0. The lowest BCUT2D eigenvalue weighted by Gasteiger charge is -2.26. The predicted molar refractivity (Wildman–Crippen MR) is 74.2 cm³/mol. The van der Waals surface area contributed by atoms with Crippen LogP contribution in [0.3, 0.4) is 0 Å². The molecule has 0 aliphatic heterocycles. The van der Waals surface area contributed by atoms with Gasteiger partial charge in [-0.2, -0.15) is 0 Å². The number of nitrogens with two attached hydrogens (primary N) is 2. The smallest absolute Gasteiger partial charge is 0.249 e. The molecule has 8 heteroatoms. The van der Waals surface area contributed by atoms with Crippen molar-refractivity contribution in [2.45, 2.75) is 43.4 Å². The maximum absolute atomic E-state index is 11.3. The van der Waals surface area contributed by atoms with Crippen LogP contribution in [0.2, 0.25) is 0 Å². The minimum absolute atomic E-state index is 0.0978.